The third kappa shape index (κ3) is 2.90. The van der Waals surface area contributed by atoms with E-state index >= 15 is 0 Å². The first-order chi connectivity index (χ1) is 10.0. The third-order valence-corrected chi connectivity index (χ3v) is 4.48. The lowest BCUT2D eigenvalue weighted by Gasteiger charge is -2.13. The van der Waals surface area contributed by atoms with Crippen LogP contribution in [-0.4, -0.2) is 20.9 Å². The van der Waals surface area contributed by atoms with Gasteiger partial charge in [0.1, 0.15) is 0 Å². The summed E-state index contributed by atoms with van der Waals surface area (Å²) < 4.78 is 26.6. The van der Waals surface area contributed by atoms with Crippen LogP contribution in [0.15, 0.2) is 65.1 Å². The minimum Gasteiger partial charge on any atom is -0.205 e. The lowest BCUT2D eigenvalue weighted by Crippen LogP contribution is -2.12. The Balaban J connectivity index is 2.01. The van der Waals surface area contributed by atoms with Gasteiger partial charge in [0.2, 0.25) is 10.0 Å². The molecule has 3 nitrogen and oxygen atoms in total. The molecule has 0 N–H and O–H groups in total. The molecule has 2 aromatic rings. The SMILES string of the molecule is CS(=O)(=O)/N=C/[C@@]1(c2ccccc2)C[C@@H]1c1ccccc1. The smallest absolute Gasteiger partial charge is 0.205 e. The summed E-state index contributed by atoms with van der Waals surface area (Å²) in [6.07, 6.45) is 3.64. The van der Waals surface area contributed by atoms with Crippen molar-refractivity contribution in [3.05, 3.63) is 71.8 Å². The van der Waals surface area contributed by atoms with Crippen LogP contribution in [-0.2, 0) is 15.4 Å². The molecule has 0 aliphatic heterocycles. The molecule has 108 valence electrons. The molecular weight excluding hydrogens is 282 g/mol. The van der Waals surface area contributed by atoms with Gasteiger partial charge in [0, 0.05) is 11.6 Å². The van der Waals surface area contributed by atoms with Gasteiger partial charge in [-0.25, -0.2) is 8.42 Å². The molecule has 0 heterocycles. The van der Waals surface area contributed by atoms with E-state index in [0.717, 1.165) is 18.2 Å². The second-order valence-electron chi connectivity index (χ2n) is 5.54. The Kier molecular flexibility index (Phi) is 3.41. The summed E-state index contributed by atoms with van der Waals surface area (Å²) >= 11 is 0. The molecule has 0 saturated heterocycles. The Bertz CT molecular complexity index is 754. The lowest BCUT2D eigenvalue weighted by atomic mass is 9.92. The number of nitrogens with zero attached hydrogens (tertiary/aromatic N) is 1. The van der Waals surface area contributed by atoms with Crippen LogP contribution in [0.3, 0.4) is 0 Å². The maximum absolute atomic E-state index is 11.4. The van der Waals surface area contributed by atoms with E-state index < -0.39 is 10.0 Å². The molecule has 1 aliphatic carbocycles. The van der Waals surface area contributed by atoms with Gasteiger partial charge in [-0.05, 0) is 23.5 Å². The van der Waals surface area contributed by atoms with E-state index in [1.54, 1.807) is 6.21 Å². The van der Waals surface area contributed by atoms with Crippen molar-refractivity contribution in [2.75, 3.05) is 6.26 Å². The molecule has 0 unspecified atom stereocenters. The molecule has 0 radical (unpaired) electrons. The highest BCUT2D eigenvalue weighted by atomic mass is 32.2. The molecule has 3 rings (SSSR count). The van der Waals surface area contributed by atoms with Gasteiger partial charge in [-0.2, -0.15) is 4.40 Å². The largest absolute Gasteiger partial charge is 0.249 e. The van der Waals surface area contributed by atoms with E-state index in [1.807, 2.05) is 48.5 Å². The number of sulfonamides is 1. The van der Waals surface area contributed by atoms with Crippen molar-refractivity contribution in [2.45, 2.75) is 17.8 Å². The van der Waals surface area contributed by atoms with E-state index in [2.05, 4.69) is 16.5 Å². The molecule has 1 aliphatic rings. The Labute approximate surface area is 125 Å². The van der Waals surface area contributed by atoms with Crippen LogP contribution in [0.4, 0.5) is 0 Å². The summed E-state index contributed by atoms with van der Waals surface area (Å²) in [7, 11) is -3.36. The fourth-order valence-corrected chi connectivity index (χ4v) is 3.23. The van der Waals surface area contributed by atoms with Crippen molar-refractivity contribution in [1.82, 2.24) is 0 Å². The molecule has 0 aromatic heterocycles. The van der Waals surface area contributed by atoms with Crippen LogP contribution >= 0.6 is 0 Å². The van der Waals surface area contributed by atoms with Crippen LogP contribution in [0.2, 0.25) is 0 Å². The zero-order valence-corrected chi connectivity index (χ0v) is 12.6. The first-order valence-electron chi connectivity index (χ1n) is 6.88. The van der Waals surface area contributed by atoms with Crippen LogP contribution in [0.25, 0.3) is 0 Å². The van der Waals surface area contributed by atoms with Gasteiger partial charge in [-0.15, -0.1) is 0 Å². The fraction of sp³-hybridized carbons (Fsp3) is 0.235. The first kappa shape index (κ1) is 14.0. The maximum atomic E-state index is 11.4. The van der Waals surface area contributed by atoms with Crippen LogP contribution in [0.5, 0.6) is 0 Å². The van der Waals surface area contributed by atoms with Gasteiger partial charge >= 0.3 is 0 Å². The predicted molar refractivity (Wildman–Crippen MR) is 85.3 cm³/mol. The van der Waals surface area contributed by atoms with Crippen molar-refractivity contribution < 1.29 is 8.42 Å². The fourth-order valence-electron chi connectivity index (χ4n) is 2.85. The lowest BCUT2D eigenvalue weighted by molar-refractivity contribution is 0.603. The van der Waals surface area contributed by atoms with Crippen LogP contribution in [0, 0.1) is 0 Å². The van der Waals surface area contributed by atoms with E-state index in [1.165, 1.54) is 5.56 Å². The molecule has 4 heteroatoms. The summed E-state index contributed by atoms with van der Waals surface area (Å²) in [5.74, 6) is 0.284. The summed E-state index contributed by atoms with van der Waals surface area (Å²) in [4.78, 5) is 0. The molecule has 21 heavy (non-hydrogen) atoms. The topological polar surface area (TPSA) is 46.5 Å². The van der Waals surface area contributed by atoms with Crippen molar-refractivity contribution in [3.8, 4) is 0 Å². The maximum Gasteiger partial charge on any atom is 0.249 e. The number of benzene rings is 2. The van der Waals surface area contributed by atoms with E-state index in [9.17, 15) is 8.42 Å². The monoisotopic (exact) mass is 299 g/mol. The van der Waals surface area contributed by atoms with Crippen molar-refractivity contribution in [3.63, 3.8) is 0 Å². The highest BCUT2D eigenvalue weighted by Gasteiger charge is 2.55. The Hall–Kier alpha value is -1.94. The average Bonchev–Trinajstić information content (AvgIpc) is 3.23. The minimum atomic E-state index is -3.36. The van der Waals surface area contributed by atoms with Gasteiger partial charge in [-0.3, -0.25) is 0 Å². The van der Waals surface area contributed by atoms with Gasteiger partial charge in [0.25, 0.3) is 0 Å². The average molecular weight is 299 g/mol. The normalized spacial score (nSPS) is 25.1. The van der Waals surface area contributed by atoms with Crippen molar-refractivity contribution in [2.24, 2.45) is 4.40 Å². The molecule has 2 atom stereocenters. The zero-order chi connectivity index (χ0) is 14.9. The summed E-state index contributed by atoms with van der Waals surface area (Å²) in [5.41, 5.74) is 2.04. The number of hydrogen-bond acceptors (Lipinski definition) is 2. The van der Waals surface area contributed by atoms with Gasteiger partial charge in [0.05, 0.1) is 6.26 Å². The highest BCUT2D eigenvalue weighted by Crippen LogP contribution is 2.59. The standard InChI is InChI=1S/C17H17NO2S/c1-21(19,20)18-13-17(15-10-6-3-7-11-15)12-16(17)14-8-4-2-5-9-14/h2-11,13,16H,12H2,1H3/b18-13+/t16-,17-/m1/s1. The summed E-state index contributed by atoms with van der Waals surface area (Å²) in [6.45, 7) is 0. The summed E-state index contributed by atoms with van der Waals surface area (Å²) in [6, 6.07) is 20.2. The molecule has 0 spiro atoms. The number of rotatable bonds is 4. The van der Waals surface area contributed by atoms with E-state index in [0.29, 0.717) is 0 Å². The molecule has 2 aromatic carbocycles. The van der Waals surface area contributed by atoms with Gasteiger partial charge < -0.3 is 0 Å². The second kappa shape index (κ2) is 5.11. The Morgan fingerprint density at radius 3 is 2.19 bits per heavy atom. The van der Waals surface area contributed by atoms with E-state index in [-0.39, 0.29) is 11.3 Å². The van der Waals surface area contributed by atoms with Crippen LogP contribution in [0.1, 0.15) is 23.5 Å². The Morgan fingerprint density at radius 2 is 1.62 bits per heavy atom. The summed E-state index contributed by atoms with van der Waals surface area (Å²) in [5, 5.41) is 0. The van der Waals surface area contributed by atoms with Crippen molar-refractivity contribution in [1.29, 1.82) is 0 Å². The molecule has 0 bridgehead atoms. The van der Waals surface area contributed by atoms with Gasteiger partial charge in [0.15, 0.2) is 0 Å². The van der Waals surface area contributed by atoms with Crippen molar-refractivity contribution >= 4 is 16.2 Å². The van der Waals surface area contributed by atoms with Crippen LogP contribution < -0.4 is 0 Å². The molecule has 1 saturated carbocycles. The van der Waals surface area contributed by atoms with E-state index in [4.69, 9.17) is 0 Å². The predicted octanol–water partition coefficient (Wildman–Crippen LogP) is 3.14. The number of hydrogen-bond donors (Lipinski definition) is 0. The Morgan fingerprint density at radius 1 is 1.05 bits per heavy atom. The first-order valence-corrected chi connectivity index (χ1v) is 8.73. The molecular formula is C17H17NO2S. The third-order valence-electron chi connectivity index (χ3n) is 3.99. The zero-order valence-electron chi connectivity index (χ0n) is 11.8. The second-order valence-corrected chi connectivity index (χ2v) is 7.22. The molecule has 1 fully saturated rings. The quantitative estimate of drug-likeness (QED) is 0.814. The minimum absolute atomic E-state index is 0.284. The highest BCUT2D eigenvalue weighted by molar-refractivity contribution is 7.89. The molecule has 0 amide bonds. The van der Waals surface area contributed by atoms with Gasteiger partial charge in [-0.1, -0.05) is 60.7 Å².